The summed E-state index contributed by atoms with van der Waals surface area (Å²) in [5, 5.41) is 8.04. The third-order valence-corrected chi connectivity index (χ3v) is 0.970. The van der Waals surface area contributed by atoms with Crippen molar-refractivity contribution >= 4 is 21.7 Å². The fourth-order valence-corrected chi connectivity index (χ4v) is 0.543. The van der Waals surface area contributed by atoms with Gasteiger partial charge in [0.25, 0.3) is 0 Å². The van der Waals surface area contributed by atoms with Gasteiger partial charge in [-0.1, -0.05) is 0 Å². The highest BCUT2D eigenvalue weighted by Gasteiger charge is 1.94. The normalized spacial score (nSPS) is 9.70. The molecule has 2 radical (unpaired) electrons. The van der Waals surface area contributed by atoms with Crippen LogP contribution < -0.4 is 0 Å². The van der Waals surface area contributed by atoms with Crippen LogP contribution in [0.15, 0.2) is 12.2 Å². The highest BCUT2D eigenvalue weighted by Crippen LogP contribution is 1.78. The van der Waals surface area contributed by atoms with E-state index < -0.39 is 11.9 Å². The maximum Gasteiger partial charge on any atom is 0.328 e. The van der Waals surface area contributed by atoms with Crippen LogP contribution in [0.3, 0.4) is 0 Å². The predicted molar refractivity (Wildman–Crippen MR) is 34.5 cm³/mol. The van der Waals surface area contributed by atoms with Crippen LogP contribution in [0.1, 0.15) is 0 Å². The maximum absolute atomic E-state index is 10.4. The smallest absolute Gasteiger partial charge is 0.328 e. The van der Waals surface area contributed by atoms with Crippen molar-refractivity contribution < 1.29 is 19.1 Å². The van der Waals surface area contributed by atoms with Gasteiger partial charge < -0.3 is 9.53 Å². The van der Waals surface area contributed by atoms with Crippen LogP contribution in [0, 0.1) is 0 Å². The Hall–Kier alpha value is -1.10. The summed E-state index contributed by atoms with van der Waals surface area (Å²) in [5.41, 5.74) is 0. The van der Waals surface area contributed by atoms with Crippen molar-refractivity contribution in [3.8, 4) is 0 Å². The maximum atomic E-state index is 10.4. The standard InChI is InChI=1S/C5H6O4Si/c1-10-9-5(8)3-2-4(6)7/h2-3H,1H3,(H,6,7)/b3-2-. The van der Waals surface area contributed by atoms with E-state index >= 15 is 0 Å². The number of carbonyl (C=O) groups is 2. The summed E-state index contributed by atoms with van der Waals surface area (Å²) in [6.45, 7) is 1.67. The number of hydrogen-bond acceptors (Lipinski definition) is 3. The van der Waals surface area contributed by atoms with Crippen molar-refractivity contribution in [2.75, 3.05) is 0 Å². The minimum Gasteiger partial charge on any atom is -0.514 e. The monoisotopic (exact) mass is 158 g/mol. The molecule has 0 aromatic rings. The topological polar surface area (TPSA) is 63.6 Å². The predicted octanol–water partition coefficient (Wildman–Crippen LogP) is -0.162. The molecule has 0 fully saturated rings. The highest BCUT2D eigenvalue weighted by molar-refractivity contribution is 6.29. The average Bonchev–Trinajstić information content (AvgIpc) is 1.85. The van der Waals surface area contributed by atoms with Crippen LogP contribution in [0.5, 0.6) is 0 Å². The Kier molecular flexibility index (Phi) is 4.22. The van der Waals surface area contributed by atoms with Crippen molar-refractivity contribution in [3.05, 3.63) is 12.2 Å². The second-order valence-corrected chi connectivity index (χ2v) is 1.91. The van der Waals surface area contributed by atoms with Crippen LogP contribution >= 0.6 is 0 Å². The Morgan fingerprint density at radius 3 is 2.50 bits per heavy atom. The van der Waals surface area contributed by atoms with E-state index in [4.69, 9.17) is 5.11 Å². The van der Waals surface area contributed by atoms with Crippen molar-refractivity contribution in [1.82, 2.24) is 0 Å². The Bertz CT molecular complexity index is 163. The first-order valence-electron chi connectivity index (χ1n) is 2.45. The molecule has 0 bridgehead atoms. The van der Waals surface area contributed by atoms with Crippen LogP contribution in [-0.2, 0) is 14.0 Å². The van der Waals surface area contributed by atoms with Gasteiger partial charge in [-0.3, -0.25) is 0 Å². The summed E-state index contributed by atoms with van der Waals surface area (Å²) in [4.78, 5) is 20.2. The highest BCUT2D eigenvalue weighted by atomic mass is 28.2. The van der Waals surface area contributed by atoms with E-state index in [1.807, 2.05) is 0 Å². The zero-order valence-electron chi connectivity index (χ0n) is 5.33. The van der Waals surface area contributed by atoms with Crippen LogP contribution in [0.4, 0.5) is 0 Å². The van der Waals surface area contributed by atoms with Crippen molar-refractivity contribution in [1.29, 1.82) is 0 Å². The molecule has 1 N–H and O–H groups in total. The summed E-state index contributed by atoms with van der Waals surface area (Å²) in [5.74, 6) is -1.78. The first-order valence-corrected chi connectivity index (χ1v) is 3.86. The van der Waals surface area contributed by atoms with Gasteiger partial charge in [-0.05, 0) is 6.55 Å². The molecule has 0 aromatic heterocycles. The van der Waals surface area contributed by atoms with Gasteiger partial charge in [0.1, 0.15) is 0 Å². The molecule has 0 aliphatic rings. The van der Waals surface area contributed by atoms with Crippen LogP contribution in [0.2, 0.25) is 6.55 Å². The summed E-state index contributed by atoms with van der Waals surface area (Å²) >= 11 is 0. The summed E-state index contributed by atoms with van der Waals surface area (Å²) in [6, 6.07) is 0. The Balaban J connectivity index is 3.67. The lowest BCUT2D eigenvalue weighted by atomic mass is 10.5. The lowest BCUT2D eigenvalue weighted by Crippen LogP contribution is -2.02. The number of rotatable bonds is 3. The van der Waals surface area contributed by atoms with Gasteiger partial charge >= 0.3 is 21.7 Å². The van der Waals surface area contributed by atoms with E-state index in [1.54, 1.807) is 6.55 Å². The minimum atomic E-state index is -1.16. The molecule has 0 aliphatic carbocycles. The van der Waals surface area contributed by atoms with Gasteiger partial charge in [0.2, 0.25) is 0 Å². The van der Waals surface area contributed by atoms with Crippen molar-refractivity contribution in [2.45, 2.75) is 6.55 Å². The Morgan fingerprint density at radius 2 is 2.10 bits per heavy atom. The van der Waals surface area contributed by atoms with E-state index in [-0.39, 0.29) is 9.76 Å². The van der Waals surface area contributed by atoms with Gasteiger partial charge in [-0.25, -0.2) is 9.59 Å². The van der Waals surface area contributed by atoms with E-state index in [2.05, 4.69) is 4.43 Å². The fourth-order valence-electron chi connectivity index (χ4n) is 0.274. The zero-order valence-corrected chi connectivity index (χ0v) is 6.33. The largest absolute Gasteiger partial charge is 0.514 e. The lowest BCUT2D eigenvalue weighted by Gasteiger charge is -1.91. The quantitative estimate of drug-likeness (QED) is 0.458. The van der Waals surface area contributed by atoms with Crippen LogP contribution in [0.25, 0.3) is 0 Å². The van der Waals surface area contributed by atoms with Crippen LogP contribution in [-0.4, -0.2) is 26.8 Å². The van der Waals surface area contributed by atoms with Crippen molar-refractivity contribution in [3.63, 3.8) is 0 Å². The third kappa shape index (κ3) is 5.04. The molecule has 0 saturated carbocycles. The SMILES string of the molecule is C[Si]OC(=O)/C=C\C(=O)O. The molecule has 0 aliphatic heterocycles. The summed E-state index contributed by atoms with van der Waals surface area (Å²) < 4.78 is 4.43. The van der Waals surface area contributed by atoms with E-state index in [0.29, 0.717) is 0 Å². The zero-order chi connectivity index (χ0) is 7.98. The van der Waals surface area contributed by atoms with Gasteiger partial charge in [-0.15, -0.1) is 0 Å². The molecule has 0 aromatic carbocycles. The summed E-state index contributed by atoms with van der Waals surface area (Å²) in [6.07, 6.45) is 1.61. The molecule has 0 saturated heterocycles. The number of carboxylic acid groups (broad SMARTS) is 1. The molecule has 5 heteroatoms. The number of hydrogen-bond donors (Lipinski definition) is 1. The van der Waals surface area contributed by atoms with Crippen molar-refractivity contribution in [2.24, 2.45) is 0 Å². The van der Waals surface area contributed by atoms with Gasteiger partial charge in [-0.2, -0.15) is 0 Å². The second-order valence-electron chi connectivity index (χ2n) is 1.30. The second kappa shape index (κ2) is 4.75. The lowest BCUT2D eigenvalue weighted by molar-refractivity contribution is -0.133. The Morgan fingerprint density at radius 1 is 1.50 bits per heavy atom. The molecular weight excluding hydrogens is 152 g/mol. The molecular formula is C5H6O4Si. The number of aliphatic carboxylic acids is 1. The molecule has 0 spiro atoms. The molecule has 0 atom stereocenters. The average molecular weight is 158 g/mol. The van der Waals surface area contributed by atoms with Gasteiger partial charge in [0.15, 0.2) is 0 Å². The first-order chi connectivity index (χ1) is 4.66. The van der Waals surface area contributed by atoms with E-state index in [9.17, 15) is 9.59 Å². The molecule has 10 heavy (non-hydrogen) atoms. The first kappa shape index (κ1) is 8.90. The molecule has 0 unspecified atom stereocenters. The number of carbonyl (C=O) groups excluding carboxylic acids is 1. The third-order valence-electron chi connectivity index (χ3n) is 0.565. The number of carboxylic acids is 1. The van der Waals surface area contributed by atoms with E-state index in [0.717, 1.165) is 12.2 Å². The van der Waals surface area contributed by atoms with E-state index in [1.165, 1.54) is 0 Å². The molecule has 0 heterocycles. The molecule has 0 rings (SSSR count). The summed E-state index contributed by atoms with van der Waals surface area (Å²) in [7, 11) is 0.0478. The Labute approximate surface area is 60.4 Å². The molecule has 4 nitrogen and oxygen atoms in total. The molecule has 0 amide bonds. The van der Waals surface area contributed by atoms with Gasteiger partial charge in [0.05, 0.1) is 0 Å². The minimum absolute atomic E-state index is 0.0478. The molecule has 54 valence electrons. The fraction of sp³-hybridized carbons (Fsp3) is 0.200. The van der Waals surface area contributed by atoms with Gasteiger partial charge in [0, 0.05) is 12.2 Å².